The smallest absolute Gasteiger partial charge is 0.331 e. The number of nitrogens with two attached hydrogens (primary N) is 1. The van der Waals surface area contributed by atoms with Crippen LogP contribution in [0.4, 0.5) is 5.95 Å². The van der Waals surface area contributed by atoms with Crippen LogP contribution in [-0.4, -0.2) is 31.2 Å². The summed E-state index contributed by atoms with van der Waals surface area (Å²) < 4.78 is 8.20. The van der Waals surface area contributed by atoms with Crippen LogP contribution in [0.15, 0.2) is 11.0 Å². The zero-order chi connectivity index (χ0) is 21.0. The van der Waals surface area contributed by atoms with Gasteiger partial charge in [-0.15, -0.1) is 6.42 Å². The largest absolute Gasteiger partial charge is 0.496 e. The Kier molecular flexibility index (Phi) is 6.65. The lowest BCUT2D eigenvalue weighted by molar-refractivity contribution is 0.406. The number of fused-ring (bicyclic) bond motifs is 1. The number of ether oxygens (including phenoxy) is 1. The predicted octanol–water partition coefficient (Wildman–Crippen LogP) is 2.56. The molecule has 8 nitrogen and oxygen atoms in total. The molecule has 0 aliphatic carbocycles. The third kappa shape index (κ3) is 3.66. The van der Waals surface area contributed by atoms with E-state index in [1.807, 2.05) is 27.7 Å². The minimum Gasteiger partial charge on any atom is -0.496 e. The van der Waals surface area contributed by atoms with Crippen LogP contribution >= 0.6 is 11.6 Å². The minimum absolute atomic E-state index is 0.0275. The zero-order valence-electron chi connectivity index (χ0n) is 16.6. The number of nitrogen functional groups attached to an aromatic ring is 1. The van der Waals surface area contributed by atoms with Crippen molar-refractivity contribution >= 4 is 28.7 Å². The molecule has 3 aromatic heterocycles. The van der Waals surface area contributed by atoms with Gasteiger partial charge in [0, 0.05) is 17.3 Å². The van der Waals surface area contributed by atoms with Crippen LogP contribution in [0.3, 0.4) is 0 Å². The minimum atomic E-state index is -0.361. The van der Waals surface area contributed by atoms with Crippen LogP contribution in [0.1, 0.15) is 30.7 Å². The Balaban J connectivity index is 0.00000136. The molecular weight excluding hydrogens is 380 g/mol. The molecule has 0 amide bonds. The van der Waals surface area contributed by atoms with Gasteiger partial charge in [-0.2, -0.15) is 9.97 Å². The molecule has 3 heterocycles. The second-order valence-electron chi connectivity index (χ2n) is 5.75. The van der Waals surface area contributed by atoms with Crippen molar-refractivity contribution in [2.45, 2.75) is 40.8 Å². The average Bonchev–Trinajstić information content (AvgIpc) is 2.92. The van der Waals surface area contributed by atoms with E-state index < -0.39 is 0 Å². The number of terminal acetylenes is 1. The normalized spacial score (nSPS) is 10.3. The van der Waals surface area contributed by atoms with Gasteiger partial charge in [0.1, 0.15) is 11.3 Å². The van der Waals surface area contributed by atoms with Crippen molar-refractivity contribution in [2.24, 2.45) is 0 Å². The Morgan fingerprint density at radius 1 is 1.29 bits per heavy atom. The summed E-state index contributed by atoms with van der Waals surface area (Å²) >= 11 is 6.18. The van der Waals surface area contributed by atoms with E-state index >= 15 is 0 Å². The van der Waals surface area contributed by atoms with Crippen molar-refractivity contribution in [3.63, 3.8) is 0 Å². The fourth-order valence-corrected chi connectivity index (χ4v) is 3.22. The maximum absolute atomic E-state index is 12.9. The number of nitrogens with zero attached hydrogens (tertiary/aromatic N) is 5. The van der Waals surface area contributed by atoms with Gasteiger partial charge in [0.2, 0.25) is 5.95 Å². The van der Waals surface area contributed by atoms with E-state index in [1.165, 1.54) is 9.13 Å². The van der Waals surface area contributed by atoms with E-state index in [9.17, 15) is 4.79 Å². The molecular formula is C19H23ClN6O2. The summed E-state index contributed by atoms with van der Waals surface area (Å²) in [5, 5.41) is 0.0739. The summed E-state index contributed by atoms with van der Waals surface area (Å²) in [5.41, 5.74) is 8.42. The van der Waals surface area contributed by atoms with Crippen LogP contribution in [0, 0.1) is 26.2 Å². The molecule has 0 saturated carbocycles. The molecule has 2 N–H and O–H groups in total. The van der Waals surface area contributed by atoms with E-state index in [0.717, 1.165) is 16.9 Å². The van der Waals surface area contributed by atoms with Gasteiger partial charge >= 0.3 is 5.69 Å². The maximum Gasteiger partial charge on any atom is 0.331 e. The van der Waals surface area contributed by atoms with Gasteiger partial charge in [-0.1, -0.05) is 31.4 Å². The van der Waals surface area contributed by atoms with Crippen molar-refractivity contribution in [3.05, 3.63) is 38.7 Å². The lowest BCUT2D eigenvalue weighted by Gasteiger charge is -2.12. The molecule has 0 aromatic carbocycles. The number of hydrogen-bond donors (Lipinski definition) is 1. The van der Waals surface area contributed by atoms with Gasteiger partial charge in [-0.05, 0) is 13.8 Å². The second kappa shape index (κ2) is 8.76. The Hall–Kier alpha value is -3.05. The number of methoxy groups -OCH3 is 1. The molecule has 0 saturated heterocycles. The van der Waals surface area contributed by atoms with Crippen LogP contribution < -0.4 is 16.2 Å². The van der Waals surface area contributed by atoms with Gasteiger partial charge in [0.05, 0.1) is 25.9 Å². The summed E-state index contributed by atoms with van der Waals surface area (Å²) in [6.45, 7) is 8.00. The monoisotopic (exact) mass is 402 g/mol. The molecule has 28 heavy (non-hydrogen) atoms. The average molecular weight is 403 g/mol. The molecule has 0 unspecified atom stereocenters. The van der Waals surface area contributed by atoms with Crippen molar-refractivity contribution in [1.29, 1.82) is 0 Å². The van der Waals surface area contributed by atoms with Crippen molar-refractivity contribution in [3.8, 4) is 18.1 Å². The third-order valence-corrected chi connectivity index (χ3v) is 4.40. The molecule has 9 heteroatoms. The Morgan fingerprint density at radius 2 is 1.96 bits per heavy atom. The van der Waals surface area contributed by atoms with Crippen molar-refractivity contribution in [2.75, 3.05) is 12.8 Å². The van der Waals surface area contributed by atoms with E-state index in [-0.39, 0.29) is 29.9 Å². The number of aryl methyl sites for hydroxylation is 1. The first-order valence-corrected chi connectivity index (χ1v) is 9.11. The highest BCUT2D eigenvalue weighted by Crippen LogP contribution is 2.26. The van der Waals surface area contributed by atoms with E-state index in [0.29, 0.717) is 16.9 Å². The fraction of sp³-hybridized carbons (Fsp3) is 0.368. The highest BCUT2D eigenvalue weighted by atomic mass is 35.5. The summed E-state index contributed by atoms with van der Waals surface area (Å²) in [6.07, 6.45) is 7.08. The highest BCUT2D eigenvalue weighted by Gasteiger charge is 2.20. The second-order valence-corrected chi connectivity index (χ2v) is 6.11. The van der Waals surface area contributed by atoms with Gasteiger partial charge in [0.25, 0.3) is 0 Å². The molecule has 0 atom stereocenters. The van der Waals surface area contributed by atoms with Gasteiger partial charge in [-0.3, -0.25) is 14.1 Å². The van der Waals surface area contributed by atoms with Gasteiger partial charge in [-0.25, -0.2) is 4.79 Å². The van der Waals surface area contributed by atoms with Crippen LogP contribution in [0.25, 0.3) is 11.2 Å². The molecule has 0 radical (unpaired) electrons. The van der Waals surface area contributed by atoms with E-state index in [1.54, 1.807) is 13.3 Å². The summed E-state index contributed by atoms with van der Waals surface area (Å²) in [5.74, 6) is 3.14. The lowest BCUT2D eigenvalue weighted by atomic mass is 10.1. The quantitative estimate of drug-likeness (QED) is 0.531. The first kappa shape index (κ1) is 21.3. The Labute approximate surface area is 168 Å². The summed E-state index contributed by atoms with van der Waals surface area (Å²) in [4.78, 5) is 25.4. The van der Waals surface area contributed by atoms with Crippen molar-refractivity contribution in [1.82, 2.24) is 24.1 Å². The summed E-state index contributed by atoms with van der Waals surface area (Å²) in [7, 11) is 1.60. The number of hydrogen-bond acceptors (Lipinski definition) is 6. The Bertz CT molecular complexity index is 1110. The molecule has 0 spiro atoms. The molecule has 0 bridgehead atoms. The number of rotatable bonds is 4. The number of aromatic nitrogens is 5. The van der Waals surface area contributed by atoms with Crippen LogP contribution in [0.5, 0.6) is 5.75 Å². The van der Waals surface area contributed by atoms with Gasteiger partial charge in [0.15, 0.2) is 10.8 Å². The first-order valence-electron chi connectivity index (χ1n) is 8.73. The standard InChI is InChI=1S/C17H17ClN6O2.C2H6/c1-5-6-23-12-14(18)21-16(19)22-15(12)24(17(23)25)8-11-10(3)13(26-4)9(2)7-20-11;1-2/h1,7H,6,8H2,2-4H3,(H2,19,21,22);1-2H3. The molecule has 0 aliphatic rings. The first-order chi connectivity index (χ1) is 13.4. The summed E-state index contributed by atoms with van der Waals surface area (Å²) in [6, 6.07) is 0. The topological polar surface area (TPSA) is 101 Å². The fourth-order valence-electron chi connectivity index (χ4n) is 2.95. The lowest BCUT2D eigenvalue weighted by Crippen LogP contribution is -2.25. The maximum atomic E-state index is 12.9. The molecule has 3 rings (SSSR count). The van der Waals surface area contributed by atoms with E-state index in [2.05, 4.69) is 20.9 Å². The molecule has 148 valence electrons. The van der Waals surface area contributed by atoms with Crippen LogP contribution in [-0.2, 0) is 13.1 Å². The zero-order valence-corrected chi connectivity index (χ0v) is 17.3. The number of imidazole rings is 1. The third-order valence-electron chi connectivity index (χ3n) is 4.13. The van der Waals surface area contributed by atoms with Gasteiger partial charge < -0.3 is 10.5 Å². The van der Waals surface area contributed by atoms with Crippen molar-refractivity contribution < 1.29 is 4.74 Å². The highest BCUT2D eigenvalue weighted by molar-refractivity contribution is 6.33. The molecule has 0 aliphatic heterocycles. The molecule has 0 fully saturated rings. The predicted molar refractivity (Wildman–Crippen MR) is 111 cm³/mol. The Morgan fingerprint density at radius 3 is 2.57 bits per heavy atom. The molecule has 3 aromatic rings. The van der Waals surface area contributed by atoms with Crippen LogP contribution in [0.2, 0.25) is 5.15 Å². The SMILES string of the molecule is C#CCn1c(=O)n(Cc2ncc(C)c(OC)c2C)c2nc(N)nc(Cl)c21.CC. The number of halogens is 1. The van der Waals surface area contributed by atoms with E-state index in [4.69, 9.17) is 28.5 Å². The number of pyridine rings is 1. The number of anilines is 1.